The Balaban J connectivity index is 1.99. The third kappa shape index (κ3) is 3.43. The SMILES string of the molecule is Cc1cc(C)c2nc(C(C)Sc3ccc(Cl)cc3)oc(=O)c2c1. The van der Waals surface area contributed by atoms with Crippen LogP contribution in [0.2, 0.25) is 5.02 Å². The average molecular weight is 346 g/mol. The summed E-state index contributed by atoms with van der Waals surface area (Å²) >= 11 is 7.48. The smallest absolute Gasteiger partial charge is 0.346 e. The van der Waals surface area contributed by atoms with Crippen molar-refractivity contribution in [2.45, 2.75) is 30.9 Å². The largest absolute Gasteiger partial charge is 0.407 e. The topological polar surface area (TPSA) is 43.1 Å². The number of aryl methyl sites for hydroxylation is 2. The molecule has 0 saturated heterocycles. The minimum atomic E-state index is -0.333. The molecule has 0 amide bonds. The van der Waals surface area contributed by atoms with Crippen LogP contribution in [0.1, 0.15) is 29.2 Å². The molecular weight excluding hydrogens is 330 g/mol. The number of rotatable bonds is 3. The predicted molar refractivity (Wildman–Crippen MR) is 95.5 cm³/mol. The van der Waals surface area contributed by atoms with E-state index in [1.165, 1.54) is 0 Å². The molecule has 0 saturated carbocycles. The Bertz CT molecular complexity index is 919. The van der Waals surface area contributed by atoms with Gasteiger partial charge in [-0.25, -0.2) is 9.78 Å². The van der Waals surface area contributed by atoms with Gasteiger partial charge < -0.3 is 4.42 Å². The van der Waals surface area contributed by atoms with Gasteiger partial charge >= 0.3 is 5.63 Å². The number of nitrogens with zero attached hydrogens (tertiary/aromatic N) is 1. The second kappa shape index (κ2) is 6.38. The number of hydrogen-bond acceptors (Lipinski definition) is 4. The van der Waals surface area contributed by atoms with Crippen molar-refractivity contribution in [2.24, 2.45) is 0 Å². The molecule has 0 radical (unpaired) electrons. The summed E-state index contributed by atoms with van der Waals surface area (Å²) in [4.78, 5) is 17.9. The van der Waals surface area contributed by atoms with Crippen LogP contribution in [0.15, 0.2) is 50.5 Å². The normalized spacial score (nSPS) is 12.5. The van der Waals surface area contributed by atoms with Gasteiger partial charge in [-0.2, -0.15) is 0 Å². The van der Waals surface area contributed by atoms with Crippen LogP contribution in [0.4, 0.5) is 0 Å². The summed E-state index contributed by atoms with van der Waals surface area (Å²) in [5.74, 6) is 0.439. The molecular formula is C18H16ClNO2S. The number of halogens is 1. The molecule has 1 atom stereocenters. The van der Waals surface area contributed by atoms with Crippen LogP contribution in [0.5, 0.6) is 0 Å². The van der Waals surface area contributed by atoms with Crippen LogP contribution in [0.3, 0.4) is 0 Å². The molecule has 3 nitrogen and oxygen atoms in total. The van der Waals surface area contributed by atoms with Crippen LogP contribution < -0.4 is 5.63 Å². The Morgan fingerprint density at radius 2 is 1.87 bits per heavy atom. The van der Waals surface area contributed by atoms with E-state index >= 15 is 0 Å². The van der Waals surface area contributed by atoms with Crippen molar-refractivity contribution in [3.63, 3.8) is 0 Å². The first-order chi connectivity index (χ1) is 10.9. The Labute approximate surface area is 143 Å². The highest BCUT2D eigenvalue weighted by atomic mass is 35.5. The van der Waals surface area contributed by atoms with Crippen molar-refractivity contribution in [1.82, 2.24) is 4.98 Å². The summed E-state index contributed by atoms with van der Waals surface area (Å²) in [6.07, 6.45) is 0. The molecule has 3 rings (SSSR count). The van der Waals surface area contributed by atoms with Crippen molar-refractivity contribution < 1.29 is 4.42 Å². The molecule has 1 unspecified atom stereocenters. The lowest BCUT2D eigenvalue weighted by atomic mass is 10.1. The molecule has 0 bridgehead atoms. The first-order valence-electron chi connectivity index (χ1n) is 7.28. The minimum absolute atomic E-state index is 0.0750. The lowest BCUT2D eigenvalue weighted by molar-refractivity contribution is 0.447. The van der Waals surface area contributed by atoms with Gasteiger partial charge in [0.15, 0.2) is 0 Å². The van der Waals surface area contributed by atoms with Crippen LogP contribution in [0, 0.1) is 13.8 Å². The molecule has 2 aromatic carbocycles. The number of fused-ring (bicyclic) bond motifs is 1. The van der Waals surface area contributed by atoms with Crippen molar-refractivity contribution in [3.8, 4) is 0 Å². The summed E-state index contributed by atoms with van der Waals surface area (Å²) in [5, 5.41) is 1.16. The molecule has 3 aromatic rings. The first kappa shape index (κ1) is 16.1. The van der Waals surface area contributed by atoms with Crippen molar-refractivity contribution in [1.29, 1.82) is 0 Å². The first-order valence-corrected chi connectivity index (χ1v) is 8.54. The van der Waals surface area contributed by atoms with Gasteiger partial charge in [0.25, 0.3) is 0 Å². The van der Waals surface area contributed by atoms with Crippen LogP contribution in [0.25, 0.3) is 10.9 Å². The molecule has 0 aliphatic rings. The van der Waals surface area contributed by atoms with E-state index in [4.69, 9.17) is 16.0 Å². The number of thioether (sulfide) groups is 1. The third-order valence-electron chi connectivity index (χ3n) is 3.56. The Morgan fingerprint density at radius 1 is 1.17 bits per heavy atom. The molecule has 0 fully saturated rings. The third-order valence-corrected chi connectivity index (χ3v) is 4.91. The van der Waals surface area contributed by atoms with Gasteiger partial charge in [-0.3, -0.25) is 0 Å². The molecule has 0 spiro atoms. The molecule has 0 aliphatic heterocycles. The number of hydrogen-bond donors (Lipinski definition) is 0. The zero-order valence-corrected chi connectivity index (χ0v) is 14.7. The van der Waals surface area contributed by atoms with Gasteiger partial charge in [-0.1, -0.05) is 17.7 Å². The molecule has 118 valence electrons. The Morgan fingerprint density at radius 3 is 2.57 bits per heavy atom. The molecule has 23 heavy (non-hydrogen) atoms. The van der Waals surface area contributed by atoms with E-state index < -0.39 is 0 Å². The Hall–Kier alpha value is -1.78. The number of benzene rings is 2. The molecule has 1 heterocycles. The summed E-state index contributed by atoms with van der Waals surface area (Å²) < 4.78 is 5.44. The minimum Gasteiger partial charge on any atom is -0.407 e. The molecule has 1 aromatic heterocycles. The van der Waals surface area contributed by atoms with Crippen molar-refractivity contribution in [2.75, 3.05) is 0 Å². The van der Waals surface area contributed by atoms with Crippen LogP contribution in [-0.4, -0.2) is 4.98 Å². The van der Waals surface area contributed by atoms with Gasteiger partial charge in [0.1, 0.15) is 0 Å². The van der Waals surface area contributed by atoms with E-state index in [0.29, 0.717) is 21.8 Å². The van der Waals surface area contributed by atoms with E-state index in [1.807, 2.05) is 57.2 Å². The van der Waals surface area contributed by atoms with Crippen LogP contribution >= 0.6 is 23.4 Å². The Kier molecular flexibility index (Phi) is 4.46. The van der Waals surface area contributed by atoms with Crippen molar-refractivity contribution >= 4 is 34.3 Å². The van der Waals surface area contributed by atoms with Crippen molar-refractivity contribution in [3.05, 3.63) is 68.9 Å². The maximum atomic E-state index is 12.3. The maximum Gasteiger partial charge on any atom is 0.346 e. The highest BCUT2D eigenvalue weighted by molar-refractivity contribution is 7.99. The maximum absolute atomic E-state index is 12.3. The second-order valence-electron chi connectivity index (χ2n) is 5.53. The molecule has 5 heteroatoms. The van der Waals surface area contributed by atoms with Gasteiger partial charge in [-0.05, 0) is 62.2 Å². The average Bonchev–Trinajstić information content (AvgIpc) is 2.50. The summed E-state index contributed by atoms with van der Waals surface area (Å²) in [6, 6.07) is 11.4. The van der Waals surface area contributed by atoms with E-state index in [2.05, 4.69) is 4.98 Å². The van der Waals surface area contributed by atoms with Crippen LogP contribution in [-0.2, 0) is 0 Å². The fourth-order valence-corrected chi connectivity index (χ4v) is 3.52. The lowest BCUT2D eigenvalue weighted by Crippen LogP contribution is -2.07. The van der Waals surface area contributed by atoms with E-state index in [9.17, 15) is 4.79 Å². The highest BCUT2D eigenvalue weighted by Gasteiger charge is 2.16. The monoisotopic (exact) mass is 345 g/mol. The lowest BCUT2D eigenvalue weighted by Gasteiger charge is -2.11. The zero-order valence-electron chi connectivity index (χ0n) is 13.1. The van der Waals surface area contributed by atoms with E-state index in [0.717, 1.165) is 16.0 Å². The predicted octanol–water partition coefficient (Wildman–Crippen LogP) is 5.31. The summed E-state index contributed by atoms with van der Waals surface area (Å²) in [5.41, 5.74) is 2.39. The fraction of sp³-hybridized carbons (Fsp3) is 0.222. The van der Waals surface area contributed by atoms with Gasteiger partial charge in [0, 0.05) is 9.92 Å². The van der Waals surface area contributed by atoms with E-state index in [1.54, 1.807) is 11.8 Å². The van der Waals surface area contributed by atoms with Gasteiger partial charge in [0.05, 0.1) is 16.2 Å². The standard InChI is InChI=1S/C18H16ClNO2S/c1-10-8-11(2)16-15(9-10)18(21)22-17(20-16)12(3)23-14-6-4-13(19)5-7-14/h4-9,12H,1-3H3. The fourth-order valence-electron chi connectivity index (χ4n) is 2.49. The second-order valence-corrected chi connectivity index (χ2v) is 7.38. The summed E-state index contributed by atoms with van der Waals surface area (Å²) in [6.45, 7) is 5.89. The van der Waals surface area contributed by atoms with Gasteiger partial charge in [-0.15, -0.1) is 11.8 Å². The number of aromatic nitrogens is 1. The quantitative estimate of drug-likeness (QED) is 0.603. The van der Waals surface area contributed by atoms with E-state index in [-0.39, 0.29) is 10.9 Å². The summed E-state index contributed by atoms with van der Waals surface area (Å²) in [7, 11) is 0. The van der Waals surface area contributed by atoms with Gasteiger partial charge in [0.2, 0.25) is 5.89 Å². The molecule has 0 N–H and O–H groups in total. The molecule has 0 aliphatic carbocycles. The highest BCUT2D eigenvalue weighted by Crippen LogP contribution is 2.34. The zero-order chi connectivity index (χ0) is 16.6.